The third-order valence-corrected chi connectivity index (χ3v) is 2.88. The summed E-state index contributed by atoms with van der Waals surface area (Å²) in [5.41, 5.74) is 3.66. The highest BCUT2D eigenvalue weighted by Gasteiger charge is 2.17. The van der Waals surface area contributed by atoms with E-state index in [1.54, 1.807) is 6.92 Å². The molecule has 1 aliphatic carbocycles. The van der Waals surface area contributed by atoms with Crippen LogP contribution in [0.1, 0.15) is 36.1 Å². The Labute approximate surface area is 83.3 Å². The second kappa shape index (κ2) is 3.32. The highest BCUT2D eigenvalue weighted by atomic mass is 35.5. The van der Waals surface area contributed by atoms with Gasteiger partial charge in [0.05, 0.1) is 6.10 Å². The molecule has 1 aromatic carbocycles. The minimum Gasteiger partial charge on any atom is -0.389 e. The maximum Gasteiger partial charge on any atom is 0.0765 e. The second-order valence-electron chi connectivity index (χ2n) is 3.66. The SMILES string of the molecule is CC(O)c1cc(Cl)cc2c1CCC2. The molecule has 1 aliphatic rings. The highest BCUT2D eigenvalue weighted by Crippen LogP contribution is 2.32. The predicted octanol–water partition coefficient (Wildman–Crippen LogP) is 2.88. The Morgan fingerprint density at radius 3 is 2.85 bits per heavy atom. The Morgan fingerprint density at radius 1 is 1.38 bits per heavy atom. The van der Waals surface area contributed by atoms with Crippen LogP contribution in [0.4, 0.5) is 0 Å². The van der Waals surface area contributed by atoms with Gasteiger partial charge in [0.2, 0.25) is 0 Å². The van der Waals surface area contributed by atoms with E-state index in [0.717, 1.165) is 23.4 Å². The Bertz CT molecular complexity index is 331. The van der Waals surface area contributed by atoms with Crippen molar-refractivity contribution in [2.24, 2.45) is 0 Å². The van der Waals surface area contributed by atoms with Crippen LogP contribution in [0.5, 0.6) is 0 Å². The number of rotatable bonds is 1. The average Bonchev–Trinajstić information content (AvgIpc) is 2.49. The molecule has 1 aromatic rings. The van der Waals surface area contributed by atoms with Crippen molar-refractivity contribution in [1.29, 1.82) is 0 Å². The number of fused-ring (bicyclic) bond motifs is 1. The summed E-state index contributed by atoms with van der Waals surface area (Å²) >= 11 is 5.96. The predicted molar refractivity (Wildman–Crippen MR) is 54.1 cm³/mol. The fraction of sp³-hybridized carbons (Fsp3) is 0.455. The molecule has 1 N–H and O–H groups in total. The Balaban J connectivity index is 2.55. The number of aliphatic hydroxyl groups excluding tert-OH is 1. The van der Waals surface area contributed by atoms with Crippen molar-refractivity contribution in [3.05, 3.63) is 33.8 Å². The van der Waals surface area contributed by atoms with Gasteiger partial charge in [0.15, 0.2) is 0 Å². The molecule has 0 amide bonds. The lowest BCUT2D eigenvalue weighted by Crippen LogP contribution is -1.97. The first-order chi connectivity index (χ1) is 6.18. The van der Waals surface area contributed by atoms with Gasteiger partial charge in [0.25, 0.3) is 0 Å². The molecule has 2 rings (SSSR count). The van der Waals surface area contributed by atoms with E-state index in [2.05, 4.69) is 0 Å². The molecule has 0 aromatic heterocycles. The lowest BCUT2D eigenvalue weighted by molar-refractivity contribution is 0.198. The van der Waals surface area contributed by atoms with E-state index in [4.69, 9.17) is 11.6 Å². The molecule has 1 nitrogen and oxygen atoms in total. The molecule has 70 valence electrons. The molecule has 0 spiro atoms. The van der Waals surface area contributed by atoms with Crippen LogP contribution in [0.15, 0.2) is 12.1 Å². The number of aliphatic hydroxyl groups is 1. The lowest BCUT2D eigenvalue weighted by atomic mass is 10.00. The quantitative estimate of drug-likeness (QED) is 0.733. The van der Waals surface area contributed by atoms with Gasteiger partial charge in [-0.3, -0.25) is 0 Å². The van der Waals surface area contributed by atoms with Gasteiger partial charge in [-0.2, -0.15) is 0 Å². The van der Waals surface area contributed by atoms with Crippen LogP contribution in [-0.2, 0) is 12.8 Å². The Kier molecular flexibility index (Phi) is 2.31. The number of hydrogen-bond acceptors (Lipinski definition) is 1. The van der Waals surface area contributed by atoms with Crippen molar-refractivity contribution in [1.82, 2.24) is 0 Å². The van der Waals surface area contributed by atoms with Crippen molar-refractivity contribution in [3.63, 3.8) is 0 Å². The summed E-state index contributed by atoms with van der Waals surface area (Å²) in [6.07, 6.45) is 2.99. The van der Waals surface area contributed by atoms with Gasteiger partial charge in [-0.1, -0.05) is 11.6 Å². The zero-order valence-electron chi connectivity index (χ0n) is 7.68. The van der Waals surface area contributed by atoms with Gasteiger partial charge in [-0.15, -0.1) is 0 Å². The number of aryl methyl sites for hydroxylation is 1. The zero-order chi connectivity index (χ0) is 9.42. The van der Waals surface area contributed by atoms with Crippen LogP contribution in [0.2, 0.25) is 5.02 Å². The molecule has 2 heteroatoms. The van der Waals surface area contributed by atoms with Crippen LogP contribution in [-0.4, -0.2) is 5.11 Å². The van der Waals surface area contributed by atoms with E-state index >= 15 is 0 Å². The highest BCUT2D eigenvalue weighted by molar-refractivity contribution is 6.30. The van der Waals surface area contributed by atoms with Crippen LogP contribution in [0, 0.1) is 0 Å². The monoisotopic (exact) mass is 196 g/mol. The molecule has 1 atom stereocenters. The van der Waals surface area contributed by atoms with Crippen molar-refractivity contribution in [2.75, 3.05) is 0 Å². The van der Waals surface area contributed by atoms with Gasteiger partial charge >= 0.3 is 0 Å². The molecular weight excluding hydrogens is 184 g/mol. The van der Waals surface area contributed by atoms with Gasteiger partial charge in [0, 0.05) is 5.02 Å². The van der Waals surface area contributed by atoms with Gasteiger partial charge in [0.1, 0.15) is 0 Å². The van der Waals surface area contributed by atoms with E-state index < -0.39 is 6.10 Å². The first-order valence-corrected chi connectivity index (χ1v) is 5.05. The van der Waals surface area contributed by atoms with Crippen molar-refractivity contribution < 1.29 is 5.11 Å². The van der Waals surface area contributed by atoms with E-state index in [9.17, 15) is 5.11 Å². The molecule has 0 heterocycles. The summed E-state index contributed by atoms with van der Waals surface area (Å²) in [6.45, 7) is 1.80. The standard InChI is InChI=1S/C11H13ClO/c1-7(13)11-6-9(12)5-8-3-2-4-10(8)11/h5-7,13H,2-4H2,1H3. The van der Waals surface area contributed by atoms with E-state index in [1.807, 2.05) is 12.1 Å². The van der Waals surface area contributed by atoms with Crippen LogP contribution >= 0.6 is 11.6 Å². The summed E-state index contributed by atoms with van der Waals surface area (Å²) in [5, 5.41) is 10.3. The largest absolute Gasteiger partial charge is 0.389 e. The third kappa shape index (κ3) is 1.59. The Morgan fingerprint density at radius 2 is 2.15 bits per heavy atom. The van der Waals surface area contributed by atoms with E-state index in [0.29, 0.717) is 0 Å². The van der Waals surface area contributed by atoms with Crippen LogP contribution in [0.25, 0.3) is 0 Å². The van der Waals surface area contributed by atoms with Gasteiger partial charge in [-0.25, -0.2) is 0 Å². The molecule has 0 fully saturated rings. The minimum absolute atomic E-state index is 0.398. The molecule has 0 bridgehead atoms. The molecule has 0 radical (unpaired) electrons. The van der Waals surface area contributed by atoms with Crippen molar-refractivity contribution in [2.45, 2.75) is 32.3 Å². The summed E-state index contributed by atoms with van der Waals surface area (Å²) in [4.78, 5) is 0. The van der Waals surface area contributed by atoms with Crippen molar-refractivity contribution >= 4 is 11.6 Å². The fourth-order valence-electron chi connectivity index (χ4n) is 2.07. The topological polar surface area (TPSA) is 20.2 Å². The summed E-state index contributed by atoms with van der Waals surface area (Å²) in [7, 11) is 0. The fourth-order valence-corrected chi connectivity index (χ4v) is 2.32. The molecule has 0 aliphatic heterocycles. The molecule has 1 unspecified atom stereocenters. The number of halogens is 1. The smallest absolute Gasteiger partial charge is 0.0765 e. The average molecular weight is 197 g/mol. The normalized spacial score (nSPS) is 17.2. The first kappa shape index (κ1) is 9.04. The van der Waals surface area contributed by atoms with Gasteiger partial charge in [-0.05, 0) is 55.0 Å². The third-order valence-electron chi connectivity index (χ3n) is 2.66. The Hall–Kier alpha value is -0.530. The van der Waals surface area contributed by atoms with E-state index in [-0.39, 0.29) is 0 Å². The van der Waals surface area contributed by atoms with E-state index in [1.165, 1.54) is 17.5 Å². The zero-order valence-corrected chi connectivity index (χ0v) is 8.43. The summed E-state index contributed by atoms with van der Waals surface area (Å²) < 4.78 is 0. The van der Waals surface area contributed by atoms with Crippen LogP contribution < -0.4 is 0 Å². The number of hydrogen-bond donors (Lipinski definition) is 1. The molecule has 13 heavy (non-hydrogen) atoms. The molecule has 0 saturated heterocycles. The minimum atomic E-state index is -0.398. The maximum atomic E-state index is 9.55. The lowest BCUT2D eigenvalue weighted by Gasteiger charge is -2.11. The molecule has 0 saturated carbocycles. The summed E-state index contributed by atoms with van der Waals surface area (Å²) in [6, 6.07) is 3.91. The second-order valence-corrected chi connectivity index (χ2v) is 4.10. The molecular formula is C11H13ClO. The summed E-state index contributed by atoms with van der Waals surface area (Å²) in [5.74, 6) is 0. The van der Waals surface area contributed by atoms with Crippen molar-refractivity contribution in [3.8, 4) is 0 Å². The van der Waals surface area contributed by atoms with Gasteiger partial charge < -0.3 is 5.11 Å². The maximum absolute atomic E-state index is 9.55. The van der Waals surface area contributed by atoms with Crippen LogP contribution in [0.3, 0.4) is 0 Å². The first-order valence-electron chi connectivity index (χ1n) is 4.68. The number of benzene rings is 1.